The van der Waals surface area contributed by atoms with Crippen molar-refractivity contribution in [2.45, 2.75) is 38.7 Å². The topological polar surface area (TPSA) is 29.5 Å². The molecule has 0 bridgehead atoms. The number of aliphatic hydroxyl groups excluding tert-OH is 1. The zero-order chi connectivity index (χ0) is 14.0. The van der Waals surface area contributed by atoms with Gasteiger partial charge in [-0.1, -0.05) is 43.0 Å². The van der Waals surface area contributed by atoms with Crippen LogP contribution in [0.1, 0.15) is 44.3 Å². The van der Waals surface area contributed by atoms with Gasteiger partial charge in [-0.3, -0.25) is 0 Å². The molecule has 1 atom stereocenters. The molecule has 1 saturated carbocycles. The van der Waals surface area contributed by atoms with Crippen molar-refractivity contribution < 1.29 is 9.84 Å². The molecule has 1 aromatic carbocycles. The van der Waals surface area contributed by atoms with Crippen LogP contribution in [0.3, 0.4) is 0 Å². The summed E-state index contributed by atoms with van der Waals surface area (Å²) in [5, 5.41) is 11.5. The van der Waals surface area contributed by atoms with Crippen molar-refractivity contribution in [2.24, 2.45) is 11.8 Å². The van der Waals surface area contributed by atoms with Crippen molar-refractivity contribution in [3.05, 3.63) is 27.7 Å². The lowest BCUT2D eigenvalue weighted by molar-refractivity contribution is 0.0756. The Kier molecular flexibility index (Phi) is 4.99. The molecule has 0 aliphatic heterocycles. The van der Waals surface area contributed by atoms with Crippen LogP contribution in [0.5, 0.6) is 5.75 Å². The Morgan fingerprint density at radius 3 is 2.37 bits per heavy atom. The average molecular weight is 303 g/mol. The second kappa shape index (κ2) is 6.34. The van der Waals surface area contributed by atoms with Gasteiger partial charge < -0.3 is 9.84 Å². The molecule has 1 unspecified atom stereocenters. The van der Waals surface area contributed by atoms with Crippen LogP contribution < -0.4 is 4.74 Å². The van der Waals surface area contributed by atoms with Gasteiger partial charge in [0.2, 0.25) is 0 Å². The van der Waals surface area contributed by atoms with E-state index in [9.17, 15) is 5.11 Å². The summed E-state index contributed by atoms with van der Waals surface area (Å²) in [5.74, 6) is 1.58. The molecule has 0 heterocycles. The van der Waals surface area contributed by atoms with Crippen molar-refractivity contribution in [2.75, 3.05) is 7.11 Å². The van der Waals surface area contributed by atoms with E-state index in [2.05, 4.69) is 6.92 Å². The molecular weight excluding hydrogens is 283 g/mol. The Morgan fingerprint density at radius 2 is 1.79 bits per heavy atom. The largest absolute Gasteiger partial charge is 0.495 e. The molecule has 1 aliphatic carbocycles. The number of ether oxygens (including phenoxy) is 1. The van der Waals surface area contributed by atoms with Crippen molar-refractivity contribution in [1.29, 1.82) is 0 Å². The van der Waals surface area contributed by atoms with Gasteiger partial charge in [0, 0.05) is 11.6 Å². The van der Waals surface area contributed by atoms with Gasteiger partial charge in [-0.05, 0) is 30.7 Å². The first-order valence-corrected chi connectivity index (χ1v) is 7.49. The van der Waals surface area contributed by atoms with Crippen LogP contribution in [-0.2, 0) is 0 Å². The number of aliphatic hydroxyl groups is 1. The lowest BCUT2D eigenvalue weighted by atomic mass is 9.78. The Labute approximate surface area is 124 Å². The van der Waals surface area contributed by atoms with Crippen molar-refractivity contribution in [3.8, 4) is 5.75 Å². The van der Waals surface area contributed by atoms with Crippen molar-refractivity contribution in [3.63, 3.8) is 0 Å². The quantitative estimate of drug-likeness (QED) is 0.864. The molecule has 19 heavy (non-hydrogen) atoms. The molecular formula is C15H20Cl2O2. The highest BCUT2D eigenvalue weighted by atomic mass is 35.5. The van der Waals surface area contributed by atoms with Crippen LogP contribution >= 0.6 is 23.2 Å². The highest BCUT2D eigenvalue weighted by molar-refractivity contribution is 6.34. The molecule has 1 fully saturated rings. The van der Waals surface area contributed by atoms with Gasteiger partial charge >= 0.3 is 0 Å². The van der Waals surface area contributed by atoms with Gasteiger partial charge in [-0.15, -0.1) is 0 Å². The third-order valence-electron chi connectivity index (χ3n) is 4.10. The summed E-state index contributed by atoms with van der Waals surface area (Å²) in [7, 11) is 1.55. The number of hydrogen-bond donors (Lipinski definition) is 1. The van der Waals surface area contributed by atoms with Gasteiger partial charge in [0.25, 0.3) is 0 Å². The maximum atomic E-state index is 10.5. The Hall–Kier alpha value is -0.440. The van der Waals surface area contributed by atoms with Crippen LogP contribution in [0.25, 0.3) is 0 Å². The molecule has 1 N–H and O–H groups in total. The van der Waals surface area contributed by atoms with Gasteiger partial charge in [-0.25, -0.2) is 0 Å². The van der Waals surface area contributed by atoms with Crippen LogP contribution in [0, 0.1) is 11.8 Å². The van der Waals surface area contributed by atoms with E-state index in [4.69, 9.17) is 27.9 Å². The van der Waals surface area contributed by atoms with E-state index in [-0.39, 0.29) is 5.92 Å². The number of benzene rings is 1. The van der Waals surface area contributed by atoms with Crippen molar-refractivity contribution >= 4 is 23.2 Å². The third-order valence-corrected chi connectivity index (χ3v) is 4.72. The summed E-state index contributed by atoms with van der Waals surface area (Å²) in [6.45, 7) is 2.26. The smallest absolute Gasteiger partial charge is 0.138 e. The molecule has 0 amide bonds. The highest BCUT2D eigenvalue weighted by Gasteiger charge is 2.27. The van der Waals surface area contributed by atoms with E-state index in [0.29, 0.717) is 21.4 Å². The maximum absolute atomic E-state index is 10.5. The van der Waals surface area contributed by atoms with E-state index < -0.39 is 6.10 Å². The predicted octanol–water partition coefficient (Wildman–Crippen LogP) is 4.86. The highest BCUT2D eigenvalue weighted by Crippen LogP contribution is 2.41. The zero-order valence-corrected chi connectivity index (χ0v) is 12.8. The summed E-state index contributed by atoms with van der Waals surface area (Å²) in [5.41, 5.74) is 0.715. The van der Waals surface area contributed by atoms with E-state index in [1.54, 1.807) is 19.2 Å². The monoisotopic (exact) mass is 302 g/mol. The fraction of sp³-hybridized carbons (Fsp3) is 0.600. The minimum absolute atomic E-state index is 0.276. The molecule has 106 valence electrons. The number of rotatable bonds is 3. The summed E-state index contributed by atoms with van der Waals surface area (Å²) in [4.78, 5) is 0. The molecule has 0 aromatic heterocycles. The molecule has 0 saturated heterocycles. The Balaban J connectivity index is 2.19. The Morgan fingerprint density at radius 1 is 1.16 bits per heavy atom. The Bertz CT molecular complexity index is 440. The standard InChI is InChI=1S/C15H20Cl2O2/c1-9-3-5-10(6-4-9)15(18)11-7-13(17)14(19-2)8-12(11)16/h7-10,15,18H,3-6H2,1-2H3. The van der Waals surface area contributed by atoms with Gasteiger partial charge in [0.1, 0.15) is 5.75 Å². The molecule has 0 radical (unpaired) electrons. The summed E-state index contributed by atoms with van der Waals surface area (Å²) in [6, 6.07) is 3.40. The normalized spacial score (nSPS) is 25.1. The van der Waals surface area contributed by atoms with Crippen LogP contribution in [0.2, 0.25) is 10.0 Å². The first kappa shape index (κ1) is 15.0. The van der Waals surface area contributed by atoms with Gasteiger partial charge in [0.15, 0.2) is 0 Å². The number of halogens is 2. The first-order valence-electron chi connectivity index (χ1n) is 6.74. The minimum atomic E-state index is -0.539. The first-order chi connectivity index (χ1) is 9.02. The van der Waals surface area contributed by atoms with Crippen molar-refractivity contribution in [1.82, 2.24) is 0 Å². The fourth-order valence-electron chi connectivity index (χ4n) is 2.78. The summed E-state index contributed by atoms with van der Waals surface area (Å²) in [6.07, 6.45) is 3.89. The van der Waals surface area contributed by atoms with Gasteiger partial charge in [0.05, 0.1) is 23.3 Å². The zero-order valence-electron chi connectivity index (χ0n) is 11.3. The molecule has 2 rings (SSSR count). The molecule has 4 heteroatoms. The molecule has 1 aliphatic rings. The van der Waals surface area contributed by atoms with Crippen LogP contribution in [-0.4, -0.2) is 12.2 Å². The fourth-order valence-corrected chi connectivity index (χ4v) is 3.30. The lowest BCUT2D eigenvalue weighted by Gasteiger charge is -2.30. The number of methoxy groups -OCH3 is 1. The van der Waals surface area contributed by atoms with E-state index >= 15 is 0 Å². The molecule has 0 spiro atoms. The molecule has 2 nitrogen and oxygen atoms in total. The predicted molar refractivity (Wildman–Crippen MR) is 79.1 cm³/mol. The summed E-state index contributed by atoms with van der Waals surface area (Å²) < 4.78 is 5.12. The van der Waals surface area contributed by atoms with Crippen LogP contribution in [0.4, 0.5) is 0 Å². The average Bonchev–Trinajstić information content (AvgIpc) is 2.41. The second-order valence-corrected chi connectivity index (χ2v) is 6.29. The van der Waals surface area contributed by atoms with Gasteiger partial charge in [-0.2, -0.15) is 0 Å². The third kappa shape index (κ3) is 3.36. The van der Waals surface area contributed by atoms with Crippen LogP contribution in [0.15, 0.2) is 12.1 Å². The molecule has 1 aromatic rings. The van der Waals surface area contributed by atoms with E-state index in [1.807, 2.05) is 0 Å². The minimum Gasteiger partial charge on any atom is -0.495 e. The summed E-state index contributed by atoms with van der Waals surface area (Å²) >= 11 is 12.3. The second-order valence-electron chi connectivity index (χ2n) is 5.47. The SMILES string of the molecule is COc1cc(Cl)c(C(O)C2CCC(C)CC2)cc1Cl. The number of hydrogen-bond acceptors (Lipinski definition) is 2. The van der Waals surface area contributed by atoms with E-state index in [0.717, 1.165) is 18.8 Å². The lowest BCUT2D eigenvalue weighted by Crippen LogP contribution is -2.19. The van der Waals surface area contributed by atoms with E-state index in [1.165, 1.54) is 12.8 Å². The maximum Gasteiger partial charge on any atom is 0.138 e.